The second-order valence-electron chi connectivity index (χ2n) is 2.34. The molecule has 0 saturated carbocycles. The number of esters is 1. The van der Waals surface area contributed by atoms with Crippen LogP contribution in [0.25, 0.3) is 0 Å². The molecule has 70 valence electrons. The number of aromatic nitrogens is 1. The van der Waals surface area contributed by atoms with E-state index in [1.54, 1.807) is 19.2 Å². The van der Waals surface area contributed by atoms with Crippen LogP contribution in [0.1, 0.15) is 22.4 Å². The number of carbonyl (C=O) groups is 2. The van der Waals surface area contributed by atoms with Gasteiger partial charge in [-0.3, -0.25) is 4.79 Å². The largest absolute Gasteiger partial charge is 0.460 e. The third-order valence-electron chi connectivity index (χ3n) is 1.27. The molecule has 0 amide bonds. The lowest BCUT2D eigenvalue weighted by Gasteiger charge is -1.96. The number of hydrogen-bond donors (Lipinski definition) is 0. The van der Waals surface area contributed by atoms with Crippen molar-refractivity contribution in [3.63, 3.8) is 0 Å². The summed E-state index contributed by atoms with van der Waals surface area (Å²) in [4.78, 5) is 26.1. The summed E-state index contributed by atoms with van der Waals surface area (Å²) in [5, 5.41) is 1.91. The van der Waals surface area contributed by atoms with Gasteiger partial charge in [0.25, 0.3) is 5.78 Å². The summed E-state index contributed by atoms with van der Waals surface area (Å²) in [6.45, 7) is 3.62. The van der Waals surface area contributed by atoms with E-state index >= 15 is 0 Å². The number of aryl methyl sites for hydroxylation is 1. The Kier molecular flexibility index (Phi) is 3.13. The van der Waals surface area contributed by atoms with Crippen LogP contribution in [-0.2, 0) is 9.53 Å². The van der Waals surface area contributed by atoms with Crippen LogP contribution < -0.4 is 0 Å². The van der Waals surface area contributed by atoms with Crippen molar-refractivity contribution in [3.8, 4) is 0 Å². The van der Waals surface area contributed by atoms with E-state index in [1.165, 1.54) is 0 Å². The highest BCUT2D eigenvalue weighted by atomic mass is 32.1. The molecule has 0 aliphatic heterocycles. The lowest BCUT2D eigenvalue weighted by molar-refractivity contribution is -0.137. The molecule has 1 aromatic heterocycles. The molecule has 1 aromatic rings. The Hall–Kier alpha value is -1.23. The molecule has 0 bridgehead atoms. The van der Waals surface area contributed by atoms with Crippen molar-refractivity contribution >= 4 is 23.1 Å². The molecule has 0 radical (unpaired) electrons. The Morgan fingerprint density at radius 3 is 2.77 bits per heavy atom. The highest BCUT2D eigenvalue weighted by Crippen LogP contribution is 2.09. The van der Waals surface area contributed by atoms with E-state index in [0.717, 1.165) is 17.0 Å². The minimum absolute atomic E-state index is 0.191. The van der Waals surface area contributed by atoms with Crippen molar-refractivity contribution < 1.29 is 14.3 Å². The molecule has 0 atom stereocenters. The lowest BCUT2D eigenvalue weighted by Crippen LogP contribution is -2.17. The third kappa shape index (κ3) is 2.35. The first-order chi connectivity index (χ1) is 6.15. The highest BCUT2D eigenvalue weighted by Gasteiger charge is 2.20. The van der Waals surface area contributed by atoms with E-state index in [1.807, 2.05) is 0 Å². The van der Waals surface area contributed by atoms with Crippen LogP contribution in [0.15, 0.2) is 5.38 Å². The molecule has 0 aromatic carbocycles. The van der Waals surface area contributed by atoms with Gasteiger partial charge in [0.15, 0.2) is 5.01 Å². The lowest BCUT2D eigenvalue weighted by atomic mass is 10.4. The van der Waals surface area contributed by atoms with Crippen LogP contribution in [0.5, 0.6) is 0 Å². The molecule has 0 aliphatic carbocycles. The van der Waals surface area contributed by atoms with Crippen molar-refractivity contribution in [2.24, 2.45) is 0 Å². The number of Topliss-reactive ketones (excluding diaryl/α,β-unsaturated/α-hetero) is 1. The predicted octanol–water partition coefficient (Wildman–Crippen LogP) is 1.20. The SMILES string of the molecule is CCOC(=O)C(=O)c1nc(C)cs1. The zero-order valence-corrected chi connectivity index (χ0v) is 8.18. The maximum atomic E-state index is 11.2. The maximum Gasteiger partial charge on any atom is 0.382 e. The fourth-order valence-corrected chi connectivity index (χ4v) is 1.46. The van der Waals surface area contributed by atoms with Crippen molar-refractivity contribution in [2.75, 3.05) is 6.61 Å². The zero-order valence-electron chi connectivity index (χ0n) is 7.36. The Morgan fingerprint density at radius 1 is 1.62 bits per heavy atom. The minimum atomic E-state index is -0.836. The van der Waals surface area contributed by atoms with Gasteiger partial charge in [-0.05, 0) is 13.8 Å². The number of nitrogens with zero attached hydrogens (tertiary/aromatic N) is 1. The molecule has 0 fully saturated rings. The van der Waals surface area contributed by atoms with E-state index < -0.39 is 11.8 Å². The fourth-order valence-electron chi connectivity index (χ4n) is 0.742. The molecule has 0 saturated heterocycles. The second-order valence-corrected chi connectivity index (χ2v) is 3.20. The second kappa shape index (κ2) is 4.13. The van der Waals surface area contributed by atoms with E-state index in [0.29, 0.717) is 0 Å². The molecule has 0 unspecified atom stereocenters. The molecule has 0 aliphatic rings. The number of carbonyl (C=O) groups excluding carboxylic acids is 2. The standard InChI is InChI=1S/C8H9NO3S/c1-3-12-8(11)6(10)7-9-5(2)4-13-7/h4H,3H2,1-2H3. The van der Waals surface area contributed by atoms with Crippen molar-refractivity contribution in [2.45, 2.75) is 13.8 Å². The number of rotatable bonds is 3. The number of ether oxygens (including phenoxy) is 1. The van der Waals surface area contributed by atoms with Gasteiger partial charge in [0.1, 0.15) is 0 Å². The van der Waals surface area contributed by atoms with Crippen LogP contribution in [0.3, 0.4) is 0 Å². The van der Waals surface area contributed by atoms with E-state index in [-0.39, 0.29) is 11.6 Å². The normalized spacial score (nSPS) is 9.69. The van der Waals surface area contributed by atoms with E-state index in [2.05, 4.69) is 9.72 Å². The monoisotopic (exact) mass is 199 g/mol. The van der Waals surface area contributed by atoms with Crippen LogP contribution in [0, 0.1) is 6.92 Å². The summed E-state index contributed by atoms with van der Waals surface area (Å²) < 4.78 is 4.55. The van der Waals surface area contributed by atoms with Gasteiger partial charge in [-0.25, -0.2) is 9.78 Å². The van der Waals surface area contributed by atoms with Crippen LogP contribution >= 0.6 is 11.3 Å². The summed E-state index contributed by atoms with van der Waals surface area (Å²) in [6, 6.07) is 0. The molecule has 1 rings (SSSR count). The molecule has 13 heavy (non-hydrogen) atoms. The molecule has 0 spiro atoms. The molecule has 4 nitrogen and oxygen atoms in total. The van der Waals surface area contributed by atoms with Crippen LogP contribution in [0.4, 0.5) is 0 Å². The van der Waals surface area contributed by atoms with Gasteiger partial charge in [-0.2, -0.15) is 0 Å². The first-order valence-corrected chi connectivity index (χ1v) is 4.66. The smallest absolute Gasteiger partial charge is 0.382 e. The quantitative estimate of drug-likeness (QED) is 0.417. The molecular weight excluding hydrogens is 190 g/mol. The Morgan fingerprint density at radius 2 is 2.31 bits per heavy atom. The van der Waals surface area contributed by atoms with Crippen LogP contribution in [0.2, 0.25) is 0 Å². The summed E-state index contributed by atoms with van der Waals surface area (Å²) >= 11 is 1.15. The van der Waals surface area contributed by atoms with Gasteiger partial charge in [0.05, 0.1) is 6.61 Å². The maximum absolute atomic E-state index is 11.2. The number of thiazole rings is 1. The average Bonchev–Trinajstić information content (AvgIpc) is 2.51. The van der Waals surface area contributed by atoms with E-state index in [9.17, 15) is 9.59 Å². The molecule has 5 heteroatoms. The zero-order chi connectivity index (χ0) is 9.84. The molecule has 0 N–H and O–H groups in total. The Labute approximate surface area is 79.6 Å². The first-order valence-electron chi connectivity index (χ1n) is 3.78. The number of ketones is 1. The van der Waals surface area contributed by atoms with Crippen LogP contribution in [-0.4, -0.2) is 23.3 Å². The average molecular weight is 199 g/mol. The van der Waals surface area contributed by atoms with Gasteiger partial charge in [-0.15, -0.1) is 11.3 Å². The minimum Gasteiger partial charge on any atom is -0.460 e. The van der Waals surface area contributed by atoms with Crippen molar-refractivity contribution in [1.82, 2.24) is 4.98 Å². The van der Waals surface area contributed by atoms with Gasteiger partial charge in [-0.1, -0.05) is 0 Å². The molecule has 1 heterocycles. The van der Waals surface area contributed by atoms with E-state index in [4.69, 9.17) is 0 Å². The first kappa shape index (κ1) is 9.85. The van der Waals surface area contributed by atoms with Crippen molar-refractivity contribution in [3.05, 3.63) is 16.1 Å². The van der Waals surface area contributed by atoms with Gasteiger partial charge < -0.3 is 4.74 Å². The summed E-state index contributed by atoms with van der Waals surface area (Å²) in [5.74, 6) is -1.50. The third-order valence-corrected chi connectivity index (χ3v) is 2.23. The predicted molar refractivity (Wildman–Crippen MR) is 47.8 cm³/mol. The number of hydrogen-bond acceptors (Lipinski definition) is 5. The fraction of sp³-hybridized carbons (Fsp3) is 0.375. The Balaban J connectivity index is 2.73. The summed E-state index contributed by atoms with van der Waals surface area (Å²) in [5.41, 5.74) is 0.734. The topological polar surface area (TPSA) is 56.3 Å². The van der Waals surface area contributed by atoms with Gasteiger partial charge in [0, 0.05) is 11.1 Å². The summed E-state index contributed by atoms with van der Waals surface area (Å²) in [7, 11) is 0. The van der Waals surface area contributed by atoms with Gasteiger partial charge in [0.2, 0.25) is 0 Å². The van der Waals surface area contributed by atoms with Crippen molar-refractivity contribution in [1.29, 1.82) is 0 Å². The Bertz CT molecular complexity index is 332. The summed E-state index contributed by atoms with van der Waals surface area (Å²) in [6.07, 6.45) is 0. The molecular formula is C8H9NO3S. The van der Waals surface area contributed by atoms with Gasteiger partial charge >= 0.3 is 5.97 Å². The highest BCUT2D eigenvalue weighted by molar-refractivity contribution is 7.12.